The Labute approximate surface area is 203 Å². The zero-order chi connectivity index (χ0) is 24.7. The summed E-state index contributed by atoms with van der Waals surface area (Å²) in [6.45, 7) is 7.48. The number of fused-ring (bicyclic) bond motifs is 1. The van der Waals surface area contributed by atoms with Gasteiger partial charge in [0.2, 0.25) is 5.95 Å². The standard InChI is InChI=1S/C25H30N8O2/c1-25(2,35)20-6-5-7-21(28-20)33-22-19(23(34)31(33)4)16-26-24(29-22)27-17-8-10-18(11-9-17)32-14-12-30(3)13-15-32/h5-11,16,35H,12-15H2,1-4H3,(H,26,27,29). The van der Waals surface area contributed by atoms with Crippen LogP contribution in [0.15, 0.2) is 53.5 Å². The van der Waals surface area contributed by atoms with Crippen molar-refractivity contribution in [1.29, 1.82) is 0 Å². The van der Waals surface area contributed by atoms with Crippen LogP contribution in [0.2, 0.25) is 0 Å². The van der Waals surface area contributed by atoms with Crippen molar-refractivity contribution in [1.82, 2.24) is 29.2 Å². The lowest BCUT2D eigenvalue weighted by Crippen LogP contribution is -2.44. The van der Waals surface area contributed by atoms with E-state index < -0.39 is 5.60 Å². The summed E-state index contributed by atoms with van der Waals surface area (Å²) >= 11 is 0. The highest BCUT2D eigenvalue weighted by Crippen LogP contribution is 2.23. The second-order valence-electron chi connectivity index (χ2n) is 9.47. The Balaban J connectivity index is 1.46. The monoisotopic (exact) mass is 474 g/mol. The average Bonchev–Trinajstić information content (AvgIpc) is 3.09. The van der Waals surface area contributed by atoms with Crippen molar-refractivity contribution in [2.75, 3.05) is 43.4 Å². The van der Waals surface area contributed by atoms with E-state index >= 15 is 0 Å². The Morgan fingerprint density at radius 3 is 2.37 bits per heavy atom. The van der Waals surface area contributed by atoms with Gasteiger partial charge in [-0.05, 0) is 57.3 Å². The fraction of sp³-hybridized carbons (Fsp3) is 0.360. The molecule has 1 saturated heterocycles. The highest BCUT2D eigenvalue weighted by molar-refractivity contribution is 5.77. The van der Waals surface area contributed by atoms with E-state index in [1.54, 1.807) is 43.8 Å². The molecule has 0 atom stereocenters. The van der Waals surface area contributed by atoms with E-state index in [0.29, 0.717) is 28.5 Å². The lowest BCUT2D eigenvalue weighted by molar-refractivity contribution is 0.0738. The molecular formula is C25H30N8O2. The second-order valence-corrected chi connectivity index (χ2v) is 9.47. The van der Waals surface area contributed by atoms with Gasteiger partial charge in [0.05, 0.1) is 5.69 Å². The Bertz CT molecular complexity index is 1410. The summed E-state index contributed by atoms with van der Waals surface area (Å²) in [6.07, 6.45) is 1.53. The third-order valence-corrected chi connectivity index (χ3v) is 6.36. The number of anilines is 3. The molecule has 1 aliphatic rings. The van der Waals surface area contributed by atoms with Crippen LogP contribution in [0.5, 0.6) is 0 Å². The van der Waals surface area contributed by atoms with Gasteiger partial charge < -0.3 is 20.2 Å². The number of nitrogens with one attached hydrogen (secondary N) is 1. The molecular weight excluding hydrogens is 444 g/mol. The van der Waals surface area contributed by atoms with E-state index in [1.165, 1.54) is 16.6 Å². The van der Waals surface area contributed by atoms with Crippen LogP contribution in [-0.2, 0) is 12.6 Å². The average molecular weight is 475 g/mol. The highest BCUT2D eigenvalue weighted by atomic mass is 16.3. The fourth-order valence-electron chi connectivity index (χ4n) is 4.25. The molecule has 0 amide bonds. The van der Waals surface area contributed by atoms with Crippen molar-refractivity contribution in [3.63, 3.8) is 0 Å². The molecule has 0 bridgehead atoms. The SMILES string of the molecule is CN1CCN(c2ccc(Nc3ncc4c(=O)n(C)n(-c5cccc(C(C)(C)O)n5)c4n3)cc2)CC1. The van der Waals surface area contributed by atoms with Gasteiger partial charge in [-0.25, -0.2) is 19.3 Å². The van der Waals surface area contributed by atoms with Crippen LogP contribution in [0.1, 0.15) is 19.5 Å². The molecule has 10 heteroatoms. The first kappa shape index (κ1) is 23.0. The van der Waals surface area contributed by atoms with Gasteiger partial charge in [-0.3, -0.25) is 4.79 Å². The van der Waals surface area contributed by atoms with E-state index in [-0.39, 0.29) is 5.56 Å². The summed E-state index contributed by atoms with van der Waals surface area (Å²) in [6, 6.07) is 13.5. The lowest BCUT2D eigenvalue weighted by atomic mass is 10.1. The number of pyridine rings is 1. The van der Waals surface area contributed by atoms with Crippen LogP contribution in [0.4, 0.5) is 17.3 Å². The smallest absolute Gasteiger partial charge is 0.277 e. The Morgan fingerprint density at radius 2 is 1.69 bits per heavy atom. The van der Waals surface area contributed by atoms with Crippen LogP contribution < -0.4 is 15.8 Å². The van der Waals surface area contributed by atoms with Gasteiger partial charge >= 0.3 is 0 Å². The Kier molecular flexibility index (Phi) is 5.78. The van der Waals surface area contributed by atoms with Crippen LogP contribution >= 0.6 is 0 Å². The minimum Gasteiger partial charge on any atom is -0.384 e. The zero-order valence-electron chi connectivity index (χ0n) is 20.4. The maximum absolute atomic E-state index is 12.8. The molecule has 10 nitrogen and oxygen atoms in total. The molecule has 2 N–H and O–H groups in total. The number of likely N-dealkylation sites (N-methyl/N-ethyl adjacent to an activating group) is 1. The summed E-state index contributed by atoms with van der Waals surface area (Å²) in [5, 5.41) is 14.0. The van der Waals surface area contributed by atoms with Crippen LogP contribution in [0.25, 0.3) is 16.9 Å². The molecule has 0 unspecified atom stereocenters. The number of benzene rings is 1. The number of piperazine rings is 1. The van der Waals surface area contributed by atoms with Gasteiger partial charge in [0.25, 0.3) is 5.56 Å². The number of hydrogen-bond acceptors (Lipinski definition) is 8. The normalized spacial score (nSPS) is 15.1. The van der Waals surface area contributed by atoms with Crippen molar-refractivity contribution in [3.8, 4) is 5.82 Å². The topological polar surface area (TPSA) is 104 Å². The molecule has 1 aliphatic heterocycles. The molecule has 3 aromatic heterocycles. The molecule has 5 rings (SSSR count). The van der Waals surface area contributed by atoms with E-state index in [1.807, 2.05) is 12.1 Å². The van der Waals surface area contributed by atoms with Crippen molar-refractivity contribution in [3.05, 3.63) is 64.7 Å². The van der Waals surface area contributed by atoms with Gasteiger partial charge in [0.1, 0.15) is 11.0 Å². The maximum Gasteiger partial charge on any atom is 0.277 e. The maximum atomic E-state index is 12.8. The van der Waals surface area contributed by atoms with Gasteiger partial charge in [-0.15, -0.1) is 0 Å². The van der Waals surface area contributed by atoms with E-state index in [9.17, 15) is 9.90 Å². The van der Waals surface area contributed by atoms with Gasteiger partial charge in [0.15, 0.2) is 11.5 Å². The minimum atomic E-state index is -1.12. The summed E-state index contributed by atoms with van der Waals surface area (Å²) in [4.78, 5) is 31.1. The molecule has 0 aliphatic carbocycles. The molecule has 4 heterocycles. The first-order chi connectivity index (χ1) is 16.7. The van der Waals surface area contributed by atoms with Crippen LogP contribution in [-0.4, -0.2) is 67.5 Å². The molecule has 35 heavy (non-hydrogen) atoms. The molecule has 1 fully saturated rings. The van der Waals surface area contributed by atoms with E-state index in [2.05, 4.69) is 49.2 Å². The number of hydrogen-bond donors (Lipinski definition) is 2. The molecule has 0 spiro atoms. The number of aliphatic hydroxyl groups is 1. The molecule has 4 aromatic rings. The summed E-state index contributed by atoms with van der Waals surface area (Å²) in [7, 11) is 3.81. The van der Waals surface area contributed by atoms with Crippen LogP contribution in [0, 0.1) is 0 Å². The van der Waals surface area contributed by atoms with E-state index in [0.717, 1.165) is 31.9 Å². The number of rotatable bonds is 5. The molecule has 0 radical (unpaired) electrons. The van der Waals surface area contributed by atoms with Crippen LogP contribution in [0.3, 0.4) is 0 Å². The number of nitrogens with zero attached hydrogens (tertiary/aromatic N) is 7. The first-order valence-corrected chi connectivity index (χ1v) is 11.7. The lowest BCUT2D eigenvalue weighted by Gasteiger charge is -2.34. The molecule has 182 valence electrons. The quantitative estimate of drug-likeness (QED) is 0.454. The predicted octanol–water partition coefficient (Wildman–Crippen LogP) is 2.24. The van der Waals surface area contributed by atoms with Crippen molar-refractivity contribution in [2.24, 2.45) is 7.05 Å². The van der Waals surface area contributed by atoms with Gasteiger partial charge in [-0.1, -0.05) is 6.07 Å². The van der Waals surface area contributed by atoms with Gasteiger partial charge in [0, 0.05) is 50.8 Å². The zero-order valence-corrected chi connectivity index (χ0v) is 20.4. The summed E-state index contributed by atoms with van der Waals surface area (Å²) < 4.78 is 3.08. The summed E-state index contributed by atoms with van der Waals surface area (Å²) in [5.41, 5.74) is 1.64. The Morgan fingerprint density at radius 1 is 0.971 bits per heavy atom. The third kappa shape index (κ3) is 4.50. The van der Waals surface area contributed by atoms with Crippen molar-refractivity contribution < 1.29 is 5.11 Å². The number of aromatic nitrogens is 5. The second kappa shape index (κ2) is 8.79. The molecule has 1 aromatic carbocycles. The largest absolute Gasteiger partial charge is 0.384 e. The molecule has 0 saturated carbocycles. The first-order valence-electron chi connectivity index (χ1n) is 11.7. The highest BCUT2D eigenvalue weighted by Gasteiger charge is 2.21. The van der Waals surface area contributed by atoms with Crippen molar-refractivity contribution >= 4 is 28.4 Å². The van der Waals surface area contributed by atoms with Gasteiger partial charge in [-0.2, -0.15) is 4.98 Å². The Hall–Kier alpha value is -3.76. The van der Waals surface area contributed by atoms with E-state index in [4.69, 9.17) is 0 Å². The predicted molar refractivity (Wildman–Crippen MR) is 137 cm³/mol. The minimum absolute atomic E-state index is 0.224. The summed E-state index contributed by atoms with van der Waals surface area (Å²) in [5.74, 6) is 0.864. The fourth-order valence-corrected chi connectivity index (χ4v) is 4.25. The van der Waals surface area contributed by atoms with Crippen molar-refractivity contribution in [2.45, 2.75) is 19.4 Å². The third-order valence-electron chi connectivity index (χ3n) is 6.36.